The van der Waals surface area contributed by atoms with Gasteiger partial charge in [0.15, 0.2) is 0 Å². The van der Waals surface area contributed by atoms with Gasteiger partial charge in [-0.15, -0.1) is 0 Å². The van der Waals surface area contributed by atoms with Crippen molar-refractivity contribution in [2.75, 3.05) is 30.9 Å². The molecule has 0 atom stereocenters. The van der Waals surface area contributed by atoms with Gasteiger partial charge in [-0.3, -0.25) is 4.79 Å². The predicted molar refractivity (Wildman–Crippen MR) is 91.0 cm³/mol. The molecule has 2 rings (SSSR count). The summed E-state index contributed by atoms with van der Waals surface area (Å²) in [4.78, 5) is 13.7. The number of amides is 1. The van der Waals surface area contributed by atoms with Crippen molar-refractivity contribution in [3.05, 3.63) is 52.8 Å². The number of hydrogen-bond acceptors (Lipinski definition) is 4. The van der Waals surface area contributed by atoms with E-state index in [0.29, 0.717) is 22.1 Å². The van der Waals surface area contributed by atoms with Gasteiger partial charge in [-0.2, -0.15) is 5.26 Å². The summed E-state index contributed by atoms with van der Waals surface area (Å²) in [7, 11) is 3.08. The van der Waals surface area contributed by atoms with Crippen molar-refractivity contribution in [2.24, 2.45) is 0 Å². The zero-order valence-corrected chi connectivity index (χ0v) is 13.9. The highest BCUT2D eigenvalue weighted by Gasteiger charge is 2.15. The van der Waals surface area contributed by atoms with Gasteiger partial charge in [0.05, 0.1) is 25.0 Å². The quantitative estimate of drug-likeness (QED) is 0.899. The molecule has 124 valence electrons. The maximum atomic E-state index is 13.7. The van der Waals surface area contributed by atoms with Gasteiger partial charge in [0.1, 0.15) is 23.2 Å². The summed E-state index contributed by atoms with van der Waals surface area (Å²) in [5.74, 6) is -0.510. The molecule has 0 spiro atoms. The molecule has 0 aliphatic carbocycles. The molecule has 0 saturated carbocycles. The van der Waals surface area contributed by atoms with Crippen molar-refractivity contribution < 1.29 is 13.9 Å². The van der Waals surface area contributed by atoms with Crippen LogP contribution >= 0.6 is 11.6 Å². The molecule has 0 unspecified atom stereocenters. The minimum atomic E-state index is -0.626. The van der Waals surface area contributed by atoms with Crippen LogP contribution in [-0.4, -0.2) is 26.6 Å². The highest BCUT2D eigenvalue weighted by atomic mass is 35.5. The molecule has 24 heavy (non-hydrogen) atoms. The van der Waals surface area contributed by atoms with E-state index in [0.717, 1.165) is 0 Å². The molecule has 1 amide bonds. The third-order valence-electron chi connectivity index (χ3n) is 3.33. The van der Waals surface area contributed by atoms with E-state index in [4.69, 9.17) is 21.6 Å². The molecular formula is C17H15ClFN3O2. The lowest BCUT2D eigenvalue weighted by molar-refractivity contribution is -0.114. The number of rotatable bonds is 5. The molecule has 0 aliphatic heterocycles. The summed E-state index contributed by atoms with van der Waals surface area (Å²) in [6.45, 7) is -0.0756. The van der Waals surface area contributed by atoms with E-state index in [1.54, 1.807) is 31.3 Å². The van der Waals surface area contributed by atoms with Crippen LogP contribution in [0.4, 0.5) is 15.8 Å². The number of anilines is 2. The Hall–Kier alpha value is -2.78. The van der Waals surface area contributed by atoms with Crippen molar-refractivity contribution in [1.82, 2.24) is 0 Å². The number of benzene rings is 2. The number of likely N-dealkylation sites (N-methyl/N-ethyl adjacent to an activating group) is 1. The normalized spacial score (nSPS) is 9.96. The number of nitrogens with one attached hydrogen (secondary N) is 1. The van der Waals surface area contributed by atoms with Gasteiger partial charge in [-0.1, -0.05) is 17.7 Å². The maximum Gasteiger partial charge on any atom is 0.243 e. The fraction of sp³-hybridized carbons (Fsp3) is 0.176. The molecule has 5 nitrogen and oxygen atoms in total. The summed E-state index contributed by atoms with van der Waals surface area (Å²) < 4.78 is 18.8. The first kappa shape index (κ1) is 17.6. The minimum Gasteiger partial charge on any atom is -0.495 e. The van der Waals surface area contributed by atoms with Crippen molar-refractivity contribution in [2.45, 2.75) is 0 Å². The summed E-state index contributed by atoms with van der Waals surface area (Å²) in [5, 5.41) is 12.2. The lowest BCUT2D eigenvalue weighted by Crippen LogP contribution is -2.30. The van der Waals surface area contributed by atoms with Gasteiger partial charge in [-0.05, 0) is 30.3 Å². The Morgan fingerprint density at radius 1 is 1.42 bits per heavy atom. The Morgan fingerprint density at radius 3 is 2.83 bits per heavy atom. The Morgan fingerprint density at radius 2 is 2.17 bits per heavy atom. The van der Waals surface area contributed by atoms with Gasteiger partial charge in [0.2, 0.25) is 5.91 Å². The van der Waals surface area contributed by atoms with Crippen molar-refractivity contribution in [3.8, 4) is 11.8 Å². The zero-order chi connectivity index (χ0) is 17.7. The Bertz CT molecular complexity index is 805. The van der Waals surface area contributed by atoms with Gasteiger partial charge in [0, 0.05) is 12.1 Å². The molecule has 0 bridgehead atoms. The third-order valence-corrected chi connectivity index (χ3v) is 3.57. The van der Waals surface area contributed by atoms with Crippen molar-refractivity contribution in [3.63, 3.8) is 0 Å². The third kappa shape index (κ3) is 3.94. The summed E-state index contributed by atoms with van der Waals surface area (Å²) in [6, 6.07) is 10.9. The van der Waals surface area contributed by atoms with Gasteiger partial charge in [-0.25, -0.2) is 4.39 Å². The minimum absolute atomic E-state index is 0.0756. The van der Waals surface area contributed by atoms with Crippen LogP contribution in [-0.2, 0) is 4.79 Å². The number of ether oxygens (including phenoxy) is 1. The van der Waals surface area contributed by atoms with Crippen LogP contribution in [0.3, 0.4) is 0 Å². The second kappa shape index (κ2) is 7.66. The van der Waals surface area contributed by atoms with E-state index in [9.17, 15) is 9.18 Å². The number of halogens is 2. The second-order valence-corrected chi connectivity index (χ2v) is 5.43. The molecule has 1 N–H and O–H groups in total. The summed E-state index contributed by atoms with van der Waals surface area (Å²) in [5.41, 5.74) is 0.669. The summed E-state index contributed by atoms with van der Waals surface area (Å²) >= 11 is 5.92. The van der Waals surface area contributed by atoms with Crippen molar-refractivity contribution >= 4 is 28.9 Å². The molecule has 2 aromatic carbocycles. The fourth-order valence-electron chi connectivity index (χ4n) is 2.21. The van der Waals surface area contributed by atoms with Gasteiger partial charge < -0.3 is 15.0 Å². The van der Waals surface area contributed by atoms with E-state index in [1.165, 1.54) is 24.1 Å². The van der Waals surface area contributed by atoms with Crippen molar-refractivity contribution in [1.29, 1.82) is 5.26 Å². The molecule has 0 heterocycles. The van der Waals surface area contributed by atoms with E-state index >= 15 is 0 Å². The lowest BCUT2D eigenvalue weighted by atomic mass is 10.1. The number of carbonyl (C=O) groups is 1. The lowest BCUT2D eigenvalue weighted by Gasteiger charge is -2.20. The zero-order valence-electron chi connectivity index (χ0n) is 13.1. The smallest absolute Gasteiger partial charge is 0.243 e. The SMILES string of the molecule is COc1ccc(Cl)cc1NC(=O)CN(C)c1cccc(F)c1C#N. The largest absolute Gasteiger partial charge is 0.495 e. The highest BCUT2D eigenvalue weighted by Crippen LogP contribution is 2.28. The predicted octanol–water partition coefficient (Wildman–Crippen LogP) is 3.43. The number of carbonyl (C=O) groups excluding carboxylic acids is 1. The van der Waals surface area contributed by atoms with Gasteiger partial charge in [0.25, 0.3) is 0 Å². The van der Waals surface area contributed by atoms with E-state index in [2.05, 4.69) is 5.32 Å². The number of hydrogen-bond donors (Lipinski definition) is 1. The highest BCUT2D eigenvalue weighted by molar-refractivity contribution is 6.31. The van der Waals surface area contributed by atoms with Gasteiger partial charge >= 0.3 is 0 Å². The average Bonchev–Trinajstić information content (AvgIpc) is 2.54. The number of nitrogens with zero attached hydrogens (tertiary/aromatic N) is 2. The van der Waals surface area contributed by atoms with E-state index in [1.807, 2.05) is 6.07 Å². The molecule has 0 saturated heterocycles. The van der Waals surface area contributed by atoms with E-state index in [-0.39, 0.29) is 18.0 Å². The number of methoxy groups -OCH3 is 1. The van der Waals surface area contributed by atoms with Crippen LogP contribution in [0.15, 0.2) is 36.4 Å². The molecule has 7 heteroatoms. The molecule has 2 aromatic rings. The van der Waals surface area contributed by atoms with Crippen LogP contribution < -0.4 is 15.0 Å². The molecule has 0 aliphatic rings. The van der Waals surface area contributed by atoms with Crippen LogP contribution in [0.25, 0.3) is 0 Å². The Kier molecular flexibility index (Phi) is 5.61. The molecule has 0 radical (unpaired) electrons. The van der Waals surface area contributed by atoms with Crippen LogP contribution in [0.5, 0.6) is 5.75 Å². The van der Waals surface area contributed by atoms with Crippen LogP contribution in [0.2, 0.25) is 5.02 Å². The molecule has 0 fully saturated rings. The average molecular weight is 348 g/mol. The Balaban J connectivity index is 2.15. The number of nitriles is 1. The Labute approximate surface area is 144 Å². The van der Waals surface area contributed by atoms with Crippen LogP contribution in [0, 0.1) is 17.1 Å². The first-order valence-corrected chi connectivity index (χ1v) is 7.37. The first-order valence-electron chi connectivity index (χ1n) is 6.99. The monoisotopic (exact) mass is 347 g/mol. The van der Waals surface area contributed by atoms with E-state index < -0.39 is 5.82 Å². The fourth-order valence-corrected chi connectivity index (χ4v) is 2.38. The standard InChI is InChI=1S/C17H15ClFN3O2/c1-22(15-5-3-4-13(19)12(15)9-20)10-17(23)21-14-8-11(18)6-7-16(14)24-2/h3-8H,10H2,1-2H3,(H,21,23). The molecular weight excluding hydrogens is 333 g/mol. The topological polar surface area (TPSA) is 65.4 Å². The maximum absolute atomic E-state index is 13.7. The molecule has 0 aromatic heterocycles. The summed E-state index contributed by atoms with van der Waals surface area (Å²) in [6.07, 6.45) is 0. The first-order chi connectivity index (χ1) is 11.5. The van der Waals surface area contributed by atoms with Crippen LogP contribution in [0.1, 0.15) is 5.56 Å². The second-order valence-electron chi connectivity index (χ2n) is 4.99.